The van der Waals surface area contributed by atoms with E-state index in [4.69, 9.17) is 4.74 Å². The Kier molecular flexibility index (Phi) is 7.68. The normalized spacial score (nSPS) is 23.4. The summed E-state index contributed by atoms with van der Waals surface area (Å²) in [5.41, 5.74) is 0. The Labute approximate surface area is 121 Å². The van der Waals surface area contributed by atoms with Crippen LogP contribution in [0.3, 0.4) is 0 Å². The molecule has 1 aliphatic heterocycles. The fraction of sp³-hybridized carbons (Fsp3) is 1.00. The average molecular weight is 310 g/mol. The Balaban J connectivity index is 2.72. The van der Waals surface area contributed by atoms with Crippen molar-refractivity contribution in [3.63, 3.8) is 0 Å². The molecule has 1 aliphatic rings. The molecule has 1 N–H and O–H groups in total. The Morgan fingerprint density at radius 3 is 2.84 bits per heavy atom. The van der Waals surface area contributed by atoms with Gasteiger partial charge in [0, 0.05) is 44.0 Å². The molecule has 7 heteroatoms. The molecule has 114 valence electrons. The van der Waals surface area contributed by atoms with Gasteiger partial charge in [0.2, 0.25) is 0 Å². The van der Waals surface area contributed by atoms with Gasteiger partial charge in [-0.25, -0.2) is 8.42 Å². The van der Waals surface area contributed by atoms with Gasteiger partial charge in [0.05, 0.1) is 6.61 Å². The zero-order valence-corrected chi connectivity index (χ0v) is 13.7. The number of thioether (sulfide) groups is 1. The number of methoxy groups -OCH3 is 1. The summed E-state index contributed by atoms with van der Waals surface area (Å²) in [5, 5.41) is 2.99. The summed E-state index contributed by atoms with van der Waals surface area (Å²) < 4.78 is 29.1. The van der Waals surface area contributed by atoms with Crippen LogP contribution in [-0.4, -0.2) is 75.8 Å². The molecule has 0 saturated carbocycles. The Morgan fingerprint density at radius 1 is 1.53 bits per heavy atom. The van der Waals surface area contributed by atoms with Gasteiger partial charge in [-0.05, 0) is 13.0 Å². The summed E-state index contributed by atoms with van der Waals surface area (Å²) in [6.45, 7) is 5.22. The maximum Gasteiger partial charge on any atom is 0.164 e. The molecule has 1 saturated heterocycles. The monoisotopic (exact) mass is 310 g/mol. The molecular formula is C12H26N2O3S2. The van der Waals surface area contributed by atoms with E-state index < -0.39 is 9.84 Å². The van der Waals surface area contributed by atoms with E-state index in [9.17, 15) is 8.42 Å². The molecule has 0 aromatic heterocycles. The van der Waals surface area contributed by atoms with E-state index in [1.165, 1.54) is 6.26 Å². The van der Waals surface area contributed by atoms with Crippen LogP contribution in [0.4, 0.5) is 0 Å². The molecule has 1 fully saturated rings. The van der Waals surface area contributed by atoms with E-state index >= 15 is 0 Å². The smallest absolute Gasteiger partial charge is 0.164 e. The number of sulfone groups is 1. The van der Waals surface area contributed by atoms with E-state index in [0.29, 0.717) is 12.4 Å². The van der Waals surface area contributed by atoms with Crippen LogP contribution in [0, 0.1) is 0 Å². The molecule has 1 rings (SSSR count). The van der Waals surface area contributed by atoms with Gasteiger partial charge in [-0.3, -0.25) is 4.90 Å². The molecule has 5 nitrogen and oxygen atoms in total. The first-order chi connectivity index (χ1) is 9.00. The van der Waals surface area contributed by atoms with Crippen molar-refractivity contribution in [3.8, 4) is 0 Å². The van der Waals surface area contributed by atoms with Gasteiger partial charge in [-0.1, -0.05) is 6.92 Å². The van der Waals surface area contributed by atoms with E-state index in [2.05, 4.69) is 17.1 Å². The van der Waals surface area contributed by atoms with Gasteiger partial charge in [0.1, 0.15) is 5.37 Å². The number of nitrogens with one attached hydrogen (secondary N) is 1. The van der Waals surface area contributed by atoms with E-state index in [1.54, 1.807) is 18.9 Å². The van der Waals surface area contributed by atoms with Gasteiger partial charge < -0.3 is 10.1 Å². The minimum atomic E-state index is -3.05. The fourth-order valence-corrected chi connectivity index (χ4v) is 5.24. The number of rotatable bonds is 8. The number of ether oxygens (including phenoxy) is 1. The molecule has 0 aliphatic carbocycles. The highest BCUT2D eigenvalue weighted by molar-refractivity contribution is 8.00. The standard InChI is InChI=1S/C12H26N2O3S2/c1-4-5-13-8-11(9-17-2)14-6-7-18-10-12(14)19(3,15)16/h11-13H,4-10H2,1-3H3. The Morgan fingerprint density at radius 2 is 2.26 bits per heavy atom. The lowest BCUT2D eigenvalue weighted by molar-refractivity contribution is 0.0867. The minimum Gasteiger partial charge on any atom is -0.383 e. The van der Waals surface area contributed by atoms with Crippen molar-refractivity contribution in [3.05, 3.63) is 0 Å². The maximum absolute atomic E-state index is 11.9. The van der Waals surface area contributed by atoms with Crippen molar-refractivity contribution in [2.45, 2.75) is 24.8 Å². The molecule has 2 unspecified atom stereocenters. The summed E-state index contributed by atoms with van der Waals surface area (Å²) in [6.07, 6.45) is 2.41. The first-order valence-corrected chi connectivity index (χ1v) is 9.83. The molecule has 0 radical (unpaired) electrons. The van der Waals surface area contributed by atoms with E-state index in [-0.39, 0.29) is 11.4 Å². The van der Waals surface area contributed by atoms with Crippen LogP contribution in [0.2, 0.25) is 0 Å². The summed E-state index contributed by atoms with van der Waals surface area (Å²) in [5.74, 6) is 1.65. The molecule has 19 heavy (non-hydrogen) atoms. The van der Waals surface area contributed by atoms with Crippen LogP contribution < -0.4 is 5.32 Å². The molecule has 0 amide bonds. The lowest BCUT2D eigenvalue weighted by atomic mass is 10.2. The summed E-state index contributed by atoms with van der Waals surface area (Å²) in [6, 6.07) is 0.122. The second-order valence-electron chi connectivity index (χ2n) is 4.91. The largest absolute Gasteiger partial charge is 0.383 e. The Hall–Kier alpha value is 0.180. The quantitative estimate of drug-likeness (QED) is 0.656. The fourth-order valence-electron chi connectivity index (χ4n) is 2.29. The van der Waals surface area contributed by atoms with Crippen molar-refractivity contribution in [1.82, 2.24) is 10.2 Å². The molecule has 1 heterocycles. The van der Waals surface area contributed by atoms with Crippen molar-refractivity contribution in [2.24, 2.45) is 0 Å². The number of nitrogens with zero attached hydrogens (tertiary/aromatic N) is 1. The number of hydrogen-bond acceptors (Lipinski definition) is 6. The van der Waals surface area contributed by atoms with Crippen molar-refractivity contribution < 1.29 is 13.2 Å². The first kappa shape index (κ1) is 17.2. The topological polar surface area (TPSA) is 58.6 Å². The highest BCUT2D eigenvalue weighted by Gasteiger charge is 2.35. The predicted octanol–water partition coefficient (Wildman–Crippen LogP) is 0.421. The van der Waals surface area contributed by atoms with Gasteiger partial charge in [0.15, 0.2) is 9.84 Å². The van der Waals surface area contributed by atoms with Crippen LogP contribution in [-0.2, 0) is 14.6 Å². The predicted molar refractivity (Wildman–Crippen MR) is 81.5 cm³/mol. The summed E-state index contributed by atoms with van der Waals surface area (Å²) >= 11 is 1.72. The molecule has 2 atom stereocenters. The second-order valence-corrected chi connectivity index (χ2v) is 8.26. The van der Waals surface area contributed by atoms with Crippen LogP contribution in [0.1, 0.15) is 13.3 Å². The van der Waals surface area contributed by atoms with E-state index in [0.717, 1.165) is 31.8 Å². The molecule has 0 bridgehead atoms. The Bertz CT molecular complexity index is 349. The van der Waals surface area contributed by atoms with Gasteiger partial charge in [0.25, 0.3) is 0 Å². The third-order valence-electron chi connectivity index (χ3n) is 3.25. The molecule has 0 aromatic rings. The zero-order valence-electron chi connectivity index (χ0n) is 12.1. The SMILES string of the molecule is CCCNCC(COC)N1CCSCC1S(C)(=O)=O. The van der Waals surface area contributed by atoms with E-state index in [1.807, 2.05) is 0 Å². The lowest BCUT2D eigenvalue weighted by Gasteiger charge is -2.39. The molecule has 0 spiro atoms. The third kappa shape index (κ3) is 5.59. The lowest BCUT2D eigenvalue weighted by Crippen LogP contribution is -2.56. The van der Waals surface area contributed by atoms with Crippen LogP contribution in [0.15, 0.2) is 0 Å². The second kappa shape index (κ2) is 8.46. The summed E-state index contributed by atoms with van der Waals surface area (Å²) in [7, 11) is -1.38. The first-order valence-electron chi connectivity index (χ1n) is 6.72. The van der Waals surface area contributed by atoms with Crippen molar-refractivity contribution in [2.75, 3.05) is 51.1 Å². The van der Waals surface area contributed by atoms with Crippen LogP contribution >= 0.6 is 11.8 Å². The van der Waals surface area contributed by atoms with Gasteiger partial charge in [-0.2, -0.15) is 11.8 Å². The highest BCUT2D eigenvalue weighted by atomic mass is 32.2. The maximum atomic E-state index is 11.9. The van der Waals surface area contributed by atoms with Crippen LogP contribution in [0.25, 0.3) is 0 Å². The minimum absolute atomic E-state index is 0.122. The highest BCUT2D eigenvalue weighted by Crippen LogP contribution is 2.22. The van der Waals surface area contributed by atoms with Crippen molar-refractivity contribution in [1.29, 1.82) is 0 Å². The van der Waals surface area contributed by atoms with Crippen LogP contribution in [0.5, 0.6) is 0 Å². The zero-order chi connectivity index (χ0) is 14.3. The molecular weight excluding hydrogens is 284 g/mol. The third-order valence-corrected chi connectivity index (χ3v) is 5.91. The summed E-state index contributed by atoms with van der Waals surface area (Å²) in [4.78, 5) is 2.10. The van der Waals surface area contributed by atoms with Gasteiger partial charge >= 0.3 is 0 Å². The molecule has 0 aromatic carbocycles. The van der Waals surface area contributed by atoms with Gasteiger partial charge in [-0.15, -0.1) is 0 Å². The number of hydrogen-bond donors (Lipinski definition) is 1. The van der Waals surface area contributed by atoms with Crippen molar-refractivity contribution >= 4 is 21.6 Å². The average Bonchev–Trinajstić information content (AvgIpc) is 2.37.